The Morgan fingerprint density at radius 3 is 3.05 bits per heavy atom. The smallest absolute Gasteiger partial charge is 0.282 e. The van der Waals surface area contributed by atoms with Crippen LogP contribution in [-0.4, -0.2) is 39.1 Å². The average molecular weight is 259 g/mol. The molecular formula is C13H17N5O. The zero-order valence-corrected chi connectivity index (χ0v) is 11.1. The number of imidazole rings is 1. The summed E-state index contributed by atoms with van der Waals surface area (Å²) in [6, 6.07) is 0.250. The Morgan fingerprint density at radius 1 is 1.63 bits per heavy atom. The standard InChI is InChI=1S/C13H17N5O/c1-9(2)17-8-13(6-10(17)14-3)12(19)16-7-11-15-4-5-18(11)13/h4-5,9-10H,6-8H2,1-2H3,(H,16,19)/t10-,13+/m0/s1. The third kappa shape index (κ3) is 1.58. The van der Waals surface area contributed by atoms with Crippen LogP contribution in [0, 0.1) is 6.57 Å². The lowest BCUT2D eigenvalue weighted by molar-refractivity contribution is -0.131. The highest BCUT2D eigenvalue weighted by Crippen LogP contribution is 2.38. The van der Waals surface area contributed by atoms with Gasteiger partial charge in [0, 0.05) is 25.0 Å². The molecule has 2 atom stereocenters. The minimum atomic E-state index is -0.663. The van der Waals surface area contributed by atoms with Gasteiger partial charge in [0.2, 0.25) is 5.91 Å². The van der Waals surface area contributed by atoms with E-state index in [2.05, 4.69) is 33.9 Å². The van der Waals surface area contributed by atoms with E-state index in [0.29, 0.717) is 19.5 Å². The fourth-order valence-electron chi connectivity index (χ4n) is 3.16. The second-order valence-corrected chi connectivity index (χ2v) is 5.51. The molecule has 0 aliphatic carbocycles. The first-order chi connectivity index (χ1) is 9.08. The van der Waals surface area contributed by atoms with Gasteiger partial charge in [0.15, 0.2) is 0 Å². The van der Waals surface area contributed by atoms with Gasteiger partial charge in [-0.2, -0.15) is 0 Å². The molecule has 2 aliphatic heterocycles. The average Bonchev–Trinajstić information content (AvgIpc) is 3.00. The zero-order valence-electron chi connectivity index (χ0n) is 11.1. The summed E-state index contributed by atoms with van der Waals surface area (Å²) in [5.41, 5.74) is -0.663. The van der Waals surface area contributed by atoms with Crippen molar-refractivity contribution in [3.8, 4) is 0 Å². The predicted molar refractivity (Wildman–Crippen MR) is 68.9 cm³/mol. The Labute approximate surface area is 112 Å². The highest BCUT2D eigenvalue weighted by Gasteiger charge is 2.56. The Balaban J connectivity index is 2.06. The van der Waals surface area contributed by atoms with Gasteiger partial charge >= 0.3 is 0 Å². The van der Waals surface area contributed by atoms with Gasteiger partial charge in [0.25, 0.3) is 6.17 Å². The molecule has 0 saturated carbocycles. The van der Waals surface area contributed by atoms with Crippen molar-refractivity contribution in [1.29, 1.82) is 0 Å². The summed E-state index contributed by atoms with van der Waals surface area (Å²) in [6.45, 7) is 12.5. The number of carbonyl (C=O) groups is 1. The van der Waals surface area contributed by atoms with Crippen molar-refractivity contribution in [2.24, 2.45) is 0 Å². The van der Waals surface area contributed by atoms with Gasteiger partial charge in [-0.15, -0.1) is 0 Å². The molecule has 0 unspecified atom stereocenters. The summed E-state index contributed by atoms with van der Waals surface area (Å²) >= 11 is 0. The van der Waals surface area contributed by atoms with Gasteiger partial charge < -0.3 is 9.88 Å². The molecule has 3 rings (SSSR count). The first kappa shape index (κ1) is 12.2. The van der Waals surface area contributed by atoms with E-state index in [1.54, 1.807) is 6.20 Å². The molecule has 1 N–H and O–H groups in total. The molecule has 1 aromatic heterocycles. The van der Waals surface area contributed by atoms with Crippen molar-refractivity contribution >= 4 is 5.91 Å². The van der Waals surface area contributed by atoms with Crippen molar-refractivity contribution in [1.82, 2.24) is 19.8 Å². The number of carbonyl (C=O) groups excluding carboxylic acids is 1. The van der Waals surface area contributed by atoms with Gasteiger partial charge in [-0.3, -0.25) is 9.64 Å². The first-order valence-corrected chi connectivity index (χ1v) is 6.52. The van der Waals surface area contributed by atoms with Gasteiger partial charge in [-0.25, -0.2) is 16.5 Å². The molecule has 3 heterocycles. The molecular weight excluding hydrogens is 242 g/mol. The summed E-state index contributed by atoms with van der Waals surface area (Å²) in [4.78, 5) is 22.5. The second kappa shape index (κ2) is 4.07. The molecule has 1 spiro atoms. The molecule has 0 aromatic carbocycles. The number of nitrogens with zero attached hydrogens (tertiary/aromatic N) is 4. The van der Waals surface area contributed by atoms with Crippen LogP contribution >= 0.6 is 0 Å². The van der Waals surface area contributed by atoms with Gasteiger partial charge in [-0.05, 0) is 13.8 Å². The number of fused-ring (bicyclic) bond motifs is 2. The largest absolute Gasteiger partial charge is 0.347 e. The molecule has 100 valence electrons. The van der Waals surface area contributed by atoms with Crippen LogP contribution < -0.4 is 5.32 Å². The van der Waals surface area contributed by atoms with Crippen molar-refractivity contribution in [2.75, 3.05) is 6.54 Å². The molecule has 1 amide bonds. The topological polar surface area (TPSA) is 54.5 Å². The third-order valence-electron chi connectivity index (χ3n) is 4.17. The lowest BCUT2D eigenvalue weighted by Crippen LogP contribution is -2.55. The summed E-state index contributed by atoms with van der Waals surface area (Å²) in [5.74, 6) is 0.878. The Hall–Kier alpha value is -1.87. The van der Waals surface area contributed by atoms with E-state index < -0.39 is 5.54 Å². The number of amides is 1. The SMILES string of the molecule is [C-]#[N+][C@@H]1C[C@@]2(CN1C(C)C)C(=O)NCc1nccn12. The summed E-state index contributed by atoms with van der Waals surface area (Å²) in [6.07, 6.45) is 3.88. The van der Waals surface area contributed by atoms with E-state index in [1.807, 2.05) is 10.8 Å². The predicted octanol–water partition coefficient (Wildman–Crippen LogP) is 0.568. The second-order valence-electron chi connectivity index (χ2n) is 5.51. The van der Waals surface area contributed by atoms with Crippen LogP contribution in [0.1, 0.15) is 26.1 Å². The lowest BCUT2D eigenvalue weighted by Gasteiger charge is -2.34. The zero-order chi connectivity index (χ0) is 13.6. The molecule has 1 fully saturated rings. The monoisotopic (exact) mass is 259 g/mol. The normalized spacial score (nSPS) is 30.4. The van der Waals surface area contributed by atoms with E-state index in [4.69, 9.17) is 6.57 Å². The number of rotatable bonds is 1. The number of aromatic nitrogens is 2. The highest BCUT2D eigenvalue weighted by molar-refractivity contribution is 5.86. The molecule has 0 radical (unpaired) electrons. The van der Waals surface area contributed by atoms with E-state index >= 15 is 0 Å². The van der Waals surface area contributed by atoms with E-state index in [1.165, 1.54) is 0 Å². The fourth-order valence-corrected chi connectivity index (χ4v) is 3.16. The van der Waals surface area contributed by atoms with Crippen LogP contribution in [0.2, 0.25) is 0 Å². The molecule has 1 aromatic rings. The van der Waals surface area contributed by atoms with Crippen LogP contribution in [0.25, 0.3) is 4.85 Å². The Morgan fingerprint density at radius 2 is 2.42 bits per heavy atom. The van der Waals surface area contributed by atoms with Crippen molar-refractivity contribution < 1.29 is 4.79 Å². The van der Waals surface area contributed by atoms with E-state index in [0.717, 1.165) is 5.82 Å². The van der Waals surface area contributed by atoms with Crippen molar-refractivity contribution in [3.63, 3.8) is 0 Å². The van der Waals surface area contributed by atoms with E-state index in [-0.39, 0.29) is 18.1 Å². The van der Waals surface area contributed by atoms with Crippen LogP contribution in [0.3, 0.4) is 0 Å². The number of likely N-dealkylation sites (tertiary alicyclic amines) is 1. The van der Waals surface area contributed by atoms with Gasteiger partial charge in [-0.1, -0.05) is 0 Å². The molecule has 0 bridgehead atoms. The van der Waals surface area contributed by atoms with Crippen molar-refractivity contribution in [3.05, 3.63) is 29.6 Å². The molecule has 6 nitrogen and oxygen atoms in total. The highest BCUT2D eigenvalue weighted by atomic mass is 16.2. The summed E-state index contributed by atoms with van der Waals surface area (Å²) < 4.78 is 1.96. The molecule has 19 heavy (non-hydrogen) atoms. The lowest BCUT2D eigenvalue weighted by atomic mass is 9.94. The maximum absolute atomic E-state index is 12.4. The Bertz CT molecular complexity index is 558. The minimum Gasteiger partial charge on any atom is -0.347 e. The Kier molecular flexibility index (Phi) is 2.61. The van der Waals surface area contributed by atoms with Crippen molar-refractivity contribution in [2.45, 2.75) is 44.6 Å². The van der Waals surface area contributed by atoms with Crippen LogP contribution in [-0.2, 0) is 16.9 Å². The molecule has 2 aliphatic rings. The van der Waals surface area contributed by atoms with Crippen LogP contribution in [0.4, 0.5) is 0 Å². The van der Waals surface area contributed by atoms with Gasteiger partial charge in [0.1, 0.15) is 11.4 Å². The third-order valence-corrected chi connectivity index (χ3v) is 4.17. The van der Waals surface area contributed by atoms with Gasteiger partial charge in [0.05, 0.1) is 13.0 Å². The maximum atomic E-state index is 12.4. The fraction of sp³-hybridized carbons (Fsp3) is 0.615. The number of hydrogen-bond acceptors (Lipinski definition) is 3. The first-order valence-electron chi connectivity index (χ1n) is 6.52. The maximum Gasteiger partial charge on any atom is 0.282 e. The summed E-state index contributed by atoms with van der Waals surface area (Å²) in [7, 11) is 0. The molecule has 1 saturated heterocycles. The van der Waals surface area contributed by atoms with Crippen LogP contribution in [0.5, 0.6) is 0 Å². The minimum absolute atomic E-state index is 0.00907. The van der Waals surface area contributed by atoms with E-state index in [9.17, 15) is 4.79 Å². The summed E-state index contributed by atoms with van der Waals surface area (Å²) in [5, 5.41) is 2.91. The quantitative estimate of drug-likeness (QED) is 0.750. The van der Waals surface area contributed by atoms with Crippen LogP contribution in [0.15, 0.2) is 12.4 Å². The molecule has 6 heteroatoms. The number of hydrogen-bond donors (Lipinski definition) is 1. The number of nitrogens with one attached hydrogen (secondary N) is 1.